The summed E-state index contributed by atoms with van der Waals surface area (Å²) < 4.78 is 12.0. The van der Waals surface area contributed by atoms with Gasteiger partial charge in [-0.25, -0.2) is 0 Å². The second-order valence-corrected chi connectivity index (χ2v) is 20.9. The van der Waals surface area contributed by atoms with E-state index in [1.165, 1.54) is 35.8 Å². The first kappa shape index (κ1) is 58.2. The molecule has 0 aliphatic carbocycles. The van der Waals surface area contributed by atoms with Crippen LogP contribution in [0.25, 0.3) is 0 Å². The molecule has 0 spiro atoms. The van der Waals surface area contributed by atoms with E-state index >= 15 is 0 Å². The molecule has 1 N–H and O–H groups in total. The predicted molar refractivity (Wildman–Crippen MR) is 263 cm³/mol. The molecule has 3 rings (SSSR count). The summed E-state index contributed by atoms with van der Waals surface area (Å²) in [5.41, 5.74) is 0.829. The zero-order valence-corrected chi connectivity index (χ0v) is 43.8. The van der Waals surface area contributed by atoms with Crippen LogP contribution in [0.3, 0.4) is 0 Å². The van der Waals surface area contributed by atoms with Gasteiger partial charge in [0.1, 0.15) is 5.78 Å². The van der Waals surface area contributed by atoms with E-state index in [2.05, 4.69) is 0 Å². The predicted octanol–water partition coefficient (Wildman–Crippen LogP) is 6.57. The summed E-state index contributed by atoms with van der Waals surface area (Å²) in [6, 6.07) is 7.49. The van der Waals surface area contributed by atoms with E-state index in [9.17, 15) is 43.5 Å². The molecule has 382 valence electrons. The Morgan fingerprint density at radius 1 is 0.853 bits per heavy atom. The van der Waals surface area contributed by atoms with Crippen LogP contribution in [0.2, 0.25) is 0 Å². The largest absolute Gasteiger partial charge is 0.481 e. The van der Waals surface area contributed by atoms with Gasteiger partial charge in [-0.1, -0.05) is 91.6 Å². The highest BCUT2D eigenvalue weighted by Crippen LogP contribution is 2.32. The number of rotatable bonds is 30. The van der Waals surface area contributed by atoms with Crippen molar-refractivity contribution in [2.75, 3.05) is 47.7 Å². The number of ether oxygens (including phenoxy) is 2. The number of imide groups is 1. The van der Waals surface area contributed by atoms with Crippen LogP contribution in [0.15, 0.2) is 30.3 Å². The third-order valence-electron chi connectivity index (χ3n) is 14.5. The van der Waals surface area contributed by atoms with Gasteiger partial charge in [-0.3, -0.25) is 43.3 Å². The van der Waals surface area contributed by atoms with Gasteiger partial charge in [0, 0.05) is 78.9 Å². The molecule has 2 heterocycles. The van der Waals surface area contributed by atoms with Crippen molar-refractivity contribution in [3.05, 3.63) is 35.9 Å². The van der Waals surface area contributed by atoms with Crippen LogP contribution in [0.4, 0.5) is 0 Å². The number of hydrogen-bond acceptors (Lipinski definition) is 11. The summed E-state index contributed by atoms with van der Waals surface area (Å²) in [5.74, 6) is -5.30. The molecule has 2 saturated heterocycles. The number of nitrogens with zero attached hydrogens (tertiary/aromatic N) is 4. The lowest BCUT2D eigenvalue weighted by molar-refractivity contribution is -0.150. The Morgan fingerprint density at radius 2 is 1.51 bits per heavy atom. The Bertz CT molecular complexity index is 1860. The number of Topliss-reactive ketones (excluding diaryl/α,β-unsaturated/α-hetero) is 2. The molecule has 0 bridgehead atoms. The van der Waals surface area contributed by atoms with Crippen LogP contribution in [-0.2, 0) is 54.3 Å². The van der Waals surface area contributed by atoms with Crippen molar-refractivity contribution in [1.82, 2.24) is 19.6 Å². The smallest absolute Gasteiger partial charge is 0.307 e. The number of carboxylic acid groups (broad SMARTS) is 1. The average Bonchev–Trinajstić information content (AvgIpc) is 3.90. The van der Waals surface area contributed by atoms with Crippen molar-refractivity contribution >= 4 is 58.8 Å². The lowest BCUT2D eigenvalue weighted by Gasteiger charge is -2.41. The van der Waals surface area contributed by atoms with Crippen LogP contribution < -0.4 is 0 Å². The van der Waals surface area contributed by atoms with Crippen molar-refractivity contribution < 1.29 is 52.9 Å². The van der Waals surface area contributed by atoms with E-state index in [0.29, 0.717) is 51.6 Å². The van der Waals surface area contributed by atoms with Gasteiger partial charge < -0.3 is 29.3 Å². The first-order chi connectivity index (χ1) is 32.1. The molecule has 10 atom stereocenters. The number of carboxylic acids is 1. The summed E-state index contributed by atoms with van der Waals surface area (Å²) >= 11 is 1.38. The van der Waals surface area contributed by atoms with Crippen LogP contribution in [-0.4, -0.2) is 155 Å². The maximum absolute atomic E-state index is 14.7. The molecular weight excluding hydrogens is 889 g/mol. The first-order valence-electron chi connectivity index (χ1n) is 24.7. The minimum absolute atomic E-state index is 0.0445. The van der Waals surface area contributed by atoms with E-state index in [1.54, 1.807) is 30.8 Å². The number of unbranched alkanes of at least 4 members (excludes halogenated alkanes) is 2. The average molecular weight is 971 g/mol. The van der Waals surface area contributed by atoms with Gasteiger partial charge in [-0.15, -0.1) is 0 Å². The summed E-state index contributed by atoms with van der Waals surface area (Å²) in [6.45, 7) is 14.1. The van der Waals surface area contributed by atoms with Gasteiger partial charge >= 0.3 is 5.97 Å². The second-order valence-electron chi connectivity index (χ2n) is 19.8. The number of methoxy groups -OCH3 is 2. The van der Waals surface area contributed by atoms with E-state index < -0.39 is 54.1 Å². The number of thioether (sulfide) groups is 1. The van der Waals surface area contributed by atoms with E-state index in [1.807, 2.05) is 78.1 Å². The number of carbonyl (C=O) groups is 8. The number of hydrogen-bond donors (Lipinski definition) is 1. The molecule has 0 saturated carbocycles. The van der Waals surface area contributed by atoms with Crippen molar-refractivity contribution in [3.63, 3.8) is 0 Å². The quantitative estimate of drug-likeness (QED) is 0.0646. The maximum Gasteiger partial charge on any atom is 0.307 e. The third-order valence-corrected chi connectivity index (χ3v) is 15.5. The van der Waals surface area contributed by atoms with Crippen LogP contribution in [0.5, 0.6) is 0 Å². The van der Waals surface area contributed by atoms with Gasteiger partial charge in [0.2, 0.25) is 29.5 Å². The monoisotopic (exact) mass is 971 g/mol. The van der Waals surface area contributed by atoms with Crippen LogP contribution >= 0.6 is 11.8 Å². The highest BCUT2D eigenvalue weighted by Gasteiger charge is 2.44. The molecule has 68 heavy (non-hydrogen) atoms. The Hall–Kier alpha value is -4.15. The molecule has 2 unspecified atom stereocenters. The fourth-order valence-corrected chi connectivity index (χ4v) is 10.9. The number of carbonyl (C=O) groups excluding carboxylic acids is 7. The lowest BCUT2D eigenvalue weighted by Crippen LogP contribution is -2.54. The number of ketones is 2. The zero-order valence-electron chi connectivity index (χ0n) is 42.9. The molecular formula is C52H82N4O11S. The molecule has 2 aliphatic rings. The summed E-state index contributed by atoms with van der Waals surface area (Å²) in [7, 11) is 6.37. The first-order valence-corrected chi connectivity index (χ1v) is 26.0. The molecule has 0 radical (unpaired) electrons. The molecule has 1 aromatic carbocycles. The lowest BCUT2D eigenvalue weighted by atomic mass is 9.83. The van der Waals surface area contributed by atoms with E-state index in [4.69, 9.17) is 9.47 Å². The molecule has 16 heteroatoms. The number of aliphatic carboxylic acids is 1. The number of benzene rings is 1. The standard InChI is InChI=1S/C52H82N4O11S/c1-13-34(6)48(42(66-10)30-45(60)55-26-20-23-39(55)49(67-11)35(7)40(57)28-37(52(64)65)27-36-21-16-14-17-22-36)54(9)50(62)38(32(2)3)29-41(58)47(33(4)5)53(8)44(59)24-18-15-19-25-56-46(61)31-43(68-12)51(56)63/h14,16-17,21-22,32-35,37-39,42-43,47-49H,13,15,18-20,23-31H2,1-12H3,(H,64,65)/t34-,35-,37?,38-,39-,42+,43?,47-,48-,49+/m0/s1. The Morgan fingerprint density at radius 3 is 2.06 bits per heavy atom. The fourth-order valence-electron chi connectivity index (χ4n) is 10.3. The summed E-state index contributed by atoms with van der Waals surface area (Å²) in [6.07, 6.45) is 4.54. The Kier molecular flexibility index (Phi) is 23.9. The Labute approximate surface area is 410 Å². The zero-order chi connectivity index (χ0) is 51.0. The second kappa shape index (κ2) is 27.9. The van der Waals surface area contributed by atoms with Gasteiger partial charge in [0.25, 0.3) is 0 Å². The molecule has 5 amide bonds. The SMILES string of the molecule is CC[C@H](C)[C@@H]([C@@H](CC(=O)N1CCC[C@H]1[C@H](OC)[C@@H](C)C(=O)CC(Cc1ccccc1)C(=O)O)OC)N(C)C(=O)[C@@H](CC(=O)[C@H](C(C)C)N(C)C(=O)CCCCCN1C(=O)CC(SC)C1=O)C(C)C. The highest BCUT2D eigenvalue weighted by molar-refractivity contribution is 8.00. The molecule has 0 aromatic heterocycles. The van der Waals surface area contributed by atoms with E-state index in [0.717, 1.165) is 5.56 Å². The molecule has 15 nitrogen and oxygen atoms in total. The minimum Gasteiger partial charge on any atom is -0.481 e. The highest BCUT2D eigenvalue weighted by atomic mass is 32.2. The van der Waals surface area contributed by atoms with Gasteiger partial charge in [-0.05, 0) is 61.7 Å². The van der Waals surface area contributed by atoms with Crippen molar-refractivity contribution in [2.45, 2.75) is 161 Å². The van der Waals surface area contributed by atoms with Crippen molar-refractivity contribution in [1.29, 1.82) is 0 Å². The number of likely N-dealkylation sites (N-methyl/N-ethyl adjacent to an activating group) is 2. The summed E-state index contributed by atoms with van der Waals surface area (Å²) in [5, 5.41) is 9.68. The molecule has 2 fully saturated rings. The topological polar surface area (TPSA) is 188 Å². The van der Waals surface area contributed by atoms with E-state index in [-0.39, 0.29) is 103 Å². The van der Waals surface area contributed by atoms with Gasteiger partial charge in [0.05, 0.1) is 47.9 Å². The van der Waals surface area contributed by atoms with Gasteiger partial charge in [0.15, 0.2) is 5.78 Å². The third kappa shape index (κ3) is 15.4. The van der Waals surface area contributed by atoms with Crippen LogP contribution in [0, 0.1) is 35.5 Å². The molecule has 1 aromatic rings. The van der Waals surface area contributed by atoms with Crippen molar-refractivity contribution in [3.8, 4) is 0 Å². The van der Waals surface area contributed by atoms with Crippen molar-refractivity contribution in [2.24, 2.45) is 35.5 Å². The fraction of sp³-hybridized carbons (Fsp3) is 0.731. The molecule has 2 aliphatic heterocycles. The number of amides is 5. The minimum atomic E-state index is -1.05. The normalized spacial score (nSPS) is 19.9. The maximum atomic E-state index is 14.7. The van der Waals surface area contributed by atoms with Crippen LogP contribution in [0.1, 0.15) is 125 Å². The number of likely N-dealkylation sites (tertiary alicyclic amines) is 2. The summed E-state index contributed by atoms with van der Waals surface area (Å²) in [4.78, 5) is 114. The van der Waals surface area contributed by atoms with Gasteiger partial charge in [-0.2, -0.15) is 11.8 Å². The Balaban J connectivity index is 1.70.